The number of hydrogen-bond acceptors (Lipinski definition) is 3. The first-order valence-corrected chi connectivity index (χ1v) is 8.61. The minimum Gasteiger partial charge on any atom is -0.862 e. The molecule has 0 aromatic rings. The Morgan fingerprint density at radius 2 is 1.59 bits per heavy atom. The maximum atomic E-state index is 11.7. The van der Waals surface area contributed by atoms with E-state index in [4.69, 9.17) is 5.11 Å². The van der Waals surface area contributed by atoms with Crippen LogP contribution in [-0.2, 0) is 4.79 Å². The van der Waals surface area contributed by atoms with E-state index >= 15 is 0 Å². The molecule has 122 valence electrons. The maximum absolute atomic E-state index is 11.7. The molecule has 4 nitrogen and oxygen atoms in total. The fourth-order valence-corrected chi connectivity index (χ4v) is 2.76. The quantitative estimate of drug-likeness (QED) is 0.247. The first-order chi connectivity index (χ1) is 10.1. The molecule has 1 N–H and O–H groups in total. The summed E-state index contributed by atoms with van der Waals surface area (Å²) in [5, 5.41) is 20.6. The number of aliphatic imine (C=N–C) groups is 1. The van der Waals surface area contributed by atoms with Crippen molar-refractivity contribution >= 4 is 11.9 Å². The molecule has 1 fully saturated rings. The summed E-state index contributed by atoms with van der Waals surface area (Å²) in [6.45, 7) is 2.23. The molecule has 1 saturated carbocycles. The average Bonchev–Trinajstić information content (AvgIpc) is 2.41. The Labute approximate surface area is 157 Å². The third-order valence-corrected chi connectivity index (χ3v) is 4.36. The van der Waals surface area contributed by atoms with Crippen molar-refractivity contribution in [3.8, 4) is 0 Å². The maximum Gasteiger partial charge on any atom is 1.00 e. The van der Waals surface area contributed by atoms with Gasteiger partial charge in [-0.25, -0.2) is 0 Å². The van der Waals surface area contributed by atoms with E-state index in [0.717, 1.165) is 19.3 Å². The van der Waals surface area contributed by atoms with Crippen molar-refractivity contribution < 1.29 is 44.6 Å². The van der Waals surface area contributed by atoms with E-state index in [9.17, 15) is 9.90 Å². The molecule has 0 saturated heterocycles. The molecule has 1 aliphatic rings. The fraction of sp³-hybridized carbons (Fsp3) is 0.882. The van der Waals surface area contributed by atoms with E-state index in [-0.39, 0.29) is 41.5 Å². The Kier molecular flexibility index (Phi) is 13.3. The van der Waals surface area contributed by atoms with Gasteiger partial charge in [-0.05, 0) is 31.6 Å². The molecule has 0 bridgehead atoms. The van der Waals surface area contributed by atoms with Crippen LogP contribution >= 0.6 is 0 Å². The Hall–Kier alpha value is -0.0600. The Morgan fingerprint density at radius 3 is 2.05 bits per heavy atom. The molecule has 1 aliphatic carbocycles. The topological polar surface area (TPSA) is 72.7 Å². The molecule has 0 aromatic heterocycles. The number of rotatable bonds is 12. The Morgan fingerprint density at radius 1 is 1.05 bits per heavy atom. The van der Waals surface area contributed by atoms with Crippen LogP contribution in [0.4, 0.5) is 0 Å². The van der Waals surface area contributed by atoms with Crippen LogP contribution in [0.15, 0.2) is 4.99 Å². The number of aliphatic carboxylic acids is 1. The van der Waals surface area contributed by atoms with Crippen LogP contribution in [0.25, 0.3) is 0 Å². The number of carbonyl (C=O) groups is 1. The van der Waals surface area contributed by atoms with Crippen molar-refractivity contribution in [1.29, 1.82) is 0 Å². The third-order valence-electron chi connectivity index (χ3n) is 4.36. The standard InChI is InChI=1S/C17H31NO3.Na/c1-2-3-4-5-6-7-8-9-10-11-16(19)18-15-13-12-14(15)17(20)21;/h14-15H,2-13H2,1H3,(H,18,19)(H,20,21);/q;+1/p-1/t14?,15-;/m0./s1. The van der Waals surface area contributed by atoms with Gasteiger partial charge in [0.25, 0.3) is 0 Å². The van der Waals surface area contributed by atoms with Gasteiger partial charge in [-0.1, -0.05) is 58.3 Å². The van der Waals surface area contributed by atoms with Gasteiger partial charge in [-0.3, -0.25) is 4.79 Å². The van der Waals surface area contributed by atoms with E-state index in [1.54, 1.807) is 0 Å². The molecular formula is C17H30NNaO3. The predicted molar refractivity (Wildman–Crippen MR) is 83.4 cm³/mol. The SMILES string of the molecule is CCCCCCCCCCCC([O-])=N[C@H]1CCC1C(=O)O.[Na+]. The minimum absolute atomic E-state index is 0. The second-order valence-electron chi connectivity index (χ2n) is 6.19. The third kappa shape index (κ3) is 9.16. The minimum atomic E-state index is -0.814. The zero-order valence-electron chi connectivity index (χ0n) is 14.4. The molecule has 0 spiro atoms. The summed E-state index contributed by atoms with van der Waals surface area (Å²) < 4.78 is 0. The van der Waals surface area contributed by atoms with Gasteiger partial charge in [-0.2, -0.15) is 0 Å². The molecule has 2 atom stereocenters. The first-order valence-electron chi connectivity index (χ1n) is 8.61. The van der Waals surface area contributed by atoms with Crippen LogP contribution in [0.1, 0.15) is 84.0 Å². The van der Waals surface area contributed by atoms with Crippen LogP contribution in [0.5, 0.6) is 0 Å². The van der Waals surface area contributed by atoms with Gasteiger partial charge >= 0.3 is 35.5 Å². The smallest absolute Gasteiger partial charge is 0.862 e. The second-order valence-corrected chi connectivity index (χ2v) is 6.19. The summed E-state index contributed by atoms with van der Waals surface area (Å²) in [6, 6.07) is -0.256. The van der Waals surface area contributed by atoms with Gasteiger partial charge in [0.15, 0.2) is 0 Å². The van der Waals surface area contributed by atoms with Crippen LogP contribution in [0.3, 0.4) is 0 Å². The van der Waals surface area contributed by atoms with Crippen LogP contribution in [-0.4, -0.2) is 23.0 Å². The summed E-state index contributed by atoms with van der Waals surface area (Å²) in [4.78, 5) is 14.9. The zero-order valence-corrected chi connectivity index (χ0v) is 16.4. The fourth-order valence-electron chi connectivity index (χ4n) is 2.76. The molecular weight excluding hydrogens is 289 g/mol. The number of carboxylic acids is 1. The Balaban J connectivity index is 0.00000441. The van der Waals surface area contributed by atoms with Crippen molar-refractivity contribution in [2.75, 3.05) is 0 Å². The van der Waals surface area contributed by atoms with E-state index < -0.39 is 11.9 Å². The monoisotopic (exact) mass is 319 g/mol. The van der Waals surface area contributed by atoms with Crippen LogP contribution in [0, 0.1) is 5.92 Å². The molecule has 22 heavy (non-hydrogen) atoms. The van der Waals surface area contributed by atoms with Crippen molar-refractivity contribution in [3.63, 3.8) is 0 Å². The number of unbranched alkanes of at least 4 members (excludes halogenated alkanes) is 8. The molecule has 1 rings (SSSR count). The average molecular weight is 319 g/mol. The number of hydrogen-bond donors (Lipinski definition) is 1. The van der Waals surface area contributed by atoms with Crippen LogP contribution in [0.2, 0.25) is 0 Å². The van der Waals surface area contributed by atoms with Gasteiger partial charge in [0.1, 0.15) is 0 Å². The summed E-state index contributed by atoms with van der Waals surface area (Å²) in [5.74, 6) is -1.34. The molecule has 0 heterocycles. The van der Waals surface area contributed by atoms with E-state index in [0.29, 0.717) is 12.8 Å². The van der Waals surface area contributed by atoms with Crippen LogP contribution < -0.4 is 34.7 Å². The number of carboxylic acid groups (broad SMARTS) is 1. The van der Waals surface area contributed by atoms with Crippen molar-refractivity contribution in [3.05, 3.63) is 0 Å². The molecule has 0 radical (unpaired) electrons. The predicted octanol–water partition coefficient (Wildman–Crippen LogP) is 0.533. The van der Waals surface area contributed by atoms with Crippen molar-refractivity contribution in [2.24, 2.45) is 10.9 Å². The second kappa shape index (κ2) is 13.4. The molecule has 0 aromatic carbocycles. The normalized spacial score (nSPS) is 21.0. The van der Waals surface area contributed by atoms with Gasteiger partial charge in [0.05, 0.1) is 12.0 Å². The van der Waals surface area contributed by atoms with Gasteiger partial charge in [-0.15, -0.1) is 0 Å². The van der Waals surface area contributed by atoms with Gasteiger partial charge in [0.2, 0.25) is 0 Å². The molecule has 1 unspecified atom stereocenters. The summed E-state index contributed by atoms with van der Waals surface area (Å²) in [5.41, 5.74) is 0. The zero-order chi connectivity index (χ0) is 15.5. The molecule has 0 aliphatic heterocycles. The van der Waals surface area contributed by atoms with Gasteiger partial charge in [0, 0.05) is 0 Å². The van der Waals surface area contributed by atoms with Crippen molar-refractivity contribution in [1.82, 2.24) is 0 Å². The van der Waals surface area contributed by atoms with E-state index in [1.807, 2.05) is 0 Å². The summed E-state index contributed by atoms with van der Waals surface area (Å²) in [6.07, 6.45) is 12.9. The van der Waals surface area contributed by atoms with E-state index in [1.165, 1.54) is 44.9 Å². The largest absolute Gasteiger partial charge is 1.00 e. The summed E-state index contributed by atoms with van der Waals surface area (Å²) in [7, 11) is 0. The van der Waals surface area contributed by atoms with E-state index in [2.05, 4.69) is 11.9 Å². The number of nitrogens with zero attached hydrogens (tertiary/aromatic N) is 1. The summed E-state index contributed by atoms with van der Waals surface area (Å²) >= 11 is 0. The Bertz CT molecular complexity index is 334. The molecule has 0 amide bonds. The first kappa shape index (κ1) is 21.9. The van der Waals surface area contributed by atoms with Gasteiger partial charge < -0.3 is 15.2 Å². The molecule has 5 heteroatoms. The van der Waals surface area contributed by atoms with Crippen molar-refractivity contribution in [2.45, 2.75) is 90.0 Å².